The molecule has 1 aliphatic rings. The second kappa shape index (κ2) is 9.22. The van der Waals surface area contributed by atoms with Crippen LogP contribution in [-0.2, 0) is 10.0 Å². The summed E-state index contributed by atoms with van der Waals surface area (Å²) >= 11 is 1.72. The topological polar surface area (TPSA) is 124 Å². The molecule has 3 rings (SSSR count). The SMILES string of the molecule is O=C(NCCNC(=O)c1cc(S(=O)(=O)N2CCSCC2)c[nH]1)c1cccnc1. The number of hydrogen-bond donors (Lipinski definition) is 3. The summed E-state index contributed by atoms with van der Waals surface area (Å²) in [6.45, 7) is 1.37. The maximum atomic E-state index is 12.6. The fourth-order valence-electron chi connectivity index (χ4n) is 2.64. The first-order chi connectivity index (χ1) is 13.5. The molecule has 0 aromatic carbocycles. The number of aromatic nitrogens is 2. The van der Waals surface area contributed by atoms with Gasteiger partial charge in [0.1, 0.15) is 10.6 Å². The van der Waals surface area contributed by atoms with Crippen molar-refractivity contribution in [2.45, 2.75) is 4.90 Å². The lowest BCUT2D eigenvalue weighted by Gasteiger charge is -2.24. The van der Waals surface area contributed by atoms with Gasteiger partial charge in [0, 0.05) is 56.3 Å². The molecule has 0 unspecified atom stereocenters. The van der Waals surface area contributed by atoms with E-state index in [1.807, 2.05) is 0 Å². The van der Waals surface area contributed by atoms with Crippen LogP contribution in [0.25, 0.3) is 0 Å². The highest BCUT2D eigenvalue weighted by Crippen LogP contribution is 2.20. The van der Waals surface area contributed by atoms with Gasteiger partial charge in [-0.15, -0.1) is 0 Å². The summed E-state index contributed by atoms with van der Waals surface area (Å²) in [6, 6.07) is 4.64. The Bertz CT molecular complexity index is 924. The molecule has 9 nitrogen and oxygen atoms in total. The molecule has 2 aromatic heterocycles. The van der Waals surface area contributed by atoms with Gasteiger partial charge in [0.05, 0.1) is 5.56 Å². The summed E-state index contributed by atoms with van der Waals surface area (Å²) in [5, 5.41) is 5.31. The number of amides is 2. The zero-order chi connectivity index (χ0) is 20.0. The Morgan fingerprint density at radius 2 is 1.89 bits per heavy atom. The number of nitrogens with zero attached hydrogens (tertiary/aromatic N) is 2. The minimum absolute atomic E-state index is 0.0782. The molecule has 28 heavy (non-hydrogen) atoms. The lowest BCUT2D eigenvalue weighted by molar-refractivity contribution is 0.0925. The van der Waals surface area contributed by atoms with Gasteiger partial charge >= 0.3 is 0 Å². The fourth-order valence-corrected chi connectivity index (χ4v) is 5.21. The van der Waals surface area contributed by atoms with Crippen LogP contribution < -0.4 is 10.6 Å². The number of carbonyl (C=O) groups excluding carboxylic acids is 2. The molecular weight excluding hydrogens is 402 g/mol. The van der Waals surface area contributed by atoms with Crippen molar-refractivity contribution in [2.24, 2.45) is 0 Å². The molecule has 1 fully saturated rings. The van der Waals surface area contributed by atoms with E-state index in [1.54, 1.807) is 30.1 Å². The number of H-pyrrole nitrogens is 1. The molecule has 1 saturated heterocycles. The van der Waals surface area contributed by atoms with E-state index in [1.165, 1.54) is 22.8 Å². The summed E-state index contributed by atoms with van der Waals surface area (Å²) in [5.74, 6) is 0.811. The second-order valence-corrected chi connectivity index (χ2v) is 9.18. The van der Waals surface area contributed by atoms with Crippen LogP contribution in [0.3, 0.4) is 0 Å². The quantitative estimate of drug-likeness (QED) is 0.551. The van der Waals surface area contributed by atoms with Gasteiger partial charge in [-0.1, -0.05) is 0 Å². The Morgan fingerprint density at radius 1 is 1.18 bits per heavy atom. The van der Waals surface area contributed by atoms with E-state index in [2.05, 4.69) is 20.6 Å². The van der Waals surface area contributed by atoms with E-state index in [0.29, 0.717) is 18.7 Å². The highest BCUT2D eigenvalue weighted by Gasteiger charge is 2.27. The first-order valence-electron chi connectivity index (χ1n) is 8.71. The minimum atomic E-state index is -3.60. The number of sulfonamides is 1. The molecule has 0 aliphatic carbocycles. The number of rotatable bonds is 7. The average molecular weight is 424 g/mol. The summed E-state index contributed by atoms with van der Waals surface area (Å²) in [5.41, 5.74) is 0.590. The van der Waals surface area contributed by atoms with Crippen LogP contribution in [0.2, 0.25) is 0 Å². The van der Waals surface area contributed by atoms with Gasteiger partial charge in [-0.05, 0) is 18.2 Å². The molecule has 3 N–H and O–H groups in total. The van der Waals surface area contributed by atoms with Crippen molar-refractivity contribution in [3.05, 3.63) is 48.0 Å². The molecule has 2 aromatic rings. The van der Waals surface area contributed by atoms with Crippen LogP contribution >= 0.6 is 11.8 Å². The second-order valence-electron chi connectivity index (χ2n) is 6.02. The molecule has 1 aliphatic heterocycles. The number of pyridine rings is 1. The van der Waals surface area contributed by atoms with E-state index in [-0.39, 0.29) is 29.6 Å². The summed E-state index contributed by atoms with van der Waals surface area (Å²) in [6.07, 6.45) is 4.36. The van der Waals surface area contributed by atoms with Gasteiger partial charge in [0.2, 0.25) is 10.0 Å². The molecule has 0 atom stereocenters. The van der Waals surface area contributed by atoms with E-state index in [0.717, 1.165) is 11.5 Å². The molecule has 2 amide bonds. The normalized spacial score (nSPS) is 15.1. The van der Waals surface area contributed by atoms with Crippen molar-refractivity contribution in [1.82, 2.24) is 24.9 Å². The van der Waals surface area contributed by atoms with Crippen molar-refractivity contribution in [1.29, 1.82) is 0 Å². The number of nitrogens with one attached hydrogen (secondary N) is 3. The third kappa shape index (κ3) is 4.91. The standard InChI is InChI=1S/C17H21N5O4S2/c23-16(13-2-1-3-18-11-13)19-4-5-20-17(24)15-10-14(12-21-15)28(25,26)22-6-8-27-9-7-22/h1-3,10-12,21H,4-9H2,(H,19,23)(H,20,24). The Kier molecular flexibility index (Phi) is 6.70. The largest absolute Gasteiger partial charge is 0.356 e. The average Bonchev–Trinajstić information content (AvgIpc) is 3.23. The molecular formula is C17H21N5O4S2. The number of hydrogen-bond acceptors (Lipinski definition) is 6. The van der Waals surface area contributed by atoms with Gasteiger partial charge < -0.3 is 15.6 Å². The predicted octanol–water partition coefficient (Wildman–Crippen LogP) is 0.307. The molecule has 3 heterocycles. The van der Waals surface area contributed by atoms with Crippen molar-refractivity contribution in [2.75, 3.05) is 37.7 Å². The number of thioether (sulfide) groups is 1. The summed E-state index contributed by atoms with van der Waals surface area (Å²) < 4.78 is 26.6. The number of aromatic amines is 1. The van der Waals surface area contributed by atoms with E-state index >= 15 is 0 Å². The van der Waals surface area contributed by atoms with Gasteiger partial charge in [0.15, 0.2) is 0 Å². The lowest BCUT2D eigenvalue weighted by atomic mass is 10.3. The zero-order valence-corrected chi connectivity index (χ0v) is 16.7. The van der Waals surface area contributed by atoms with Crippen LogP contribution in [0.15, 0.2) is 41.7 Å². The first-order valence-corrected chi connectivity index (χ1v) is 11.3. The van der Waals surface area contributed by atoms with Crippen LogP contribution in [-0.4, -0.2) is 72.2 Å². The molecule has 11 heteroatoms. The minimum Gasteiger partial charge on any atom is -0.356 e. The van der Waals surface area contributed by atoms with Crippen molar-refractivity contribution >= 4 is 33.6 Å². The molecule has 0 saturated carbocycles. The van der Waals surface area contributed by atoms with Crippen LogP contribution in [0, 0.1) is 0 Å². The van der Waals surface area contributed by atoms with Crippen LogP contribution in [0.1, 0.15) is 20.8 Å². The Balaban J connectivity index is 1.49. The predicted molar refractivity (Wildman–Crippen MR) is 106 cm³/mol. The summed E-state index contributed by atoms with van der Waals surface area (Å²) in [4.78, 5) is 30.7. The van der Waals surface area contributed by atoms with Gasteiger partial charge in [-0.25, -0.2) is 8.42 Å². The molecule has 0 spiro atoms. The molecule has 0 radical (unpaired) electrons. The maximum absolute atomic E-state index is 12.6. The first kappa shape index (κ1) is 20.4. The van der Waals surface area contributed by atoms with E-state index in [4.69, 9.17) is 0 Å². The van der Waals surface area contributed by atoms with Gasteiger partial charge in [0.25, 0.3) is 11.8 Å². The highest BCUT2D eigenvalue weighted by molar-refractivity contribution is 7.99. The monoisotopic (exact) mass is 423 g/mol. The van der Waals surface area contributed by atoms with Crippen LogP contribution in [0.4, 0.5) is 0 Å². The molecule has 150 valence electrons. The van der Waals surface area contributed by atoms with E-state index < -0.39 is 15.9 Å². The Hall–Kier alpha value is -2.37. The maximum Gasteiger partial charge on any atom is 0.267 e. The Labute approximate surface area is 167 Å². The van der Waals surface area contributed by atoms with Crippen LogP contribution in [0.5, 0.6) is 0 Å². The van der Waals surface area contributed by atoms with Gasteiger partial charge in [-0.2, -0.15) is 16.1 Å². The fraction of sp³-hybridized carbons (Fsp3) is 0.353. The zero-order valence-electron chi connectivity index (χ0n) is 15.1. The van der Waals surface area contributed by atoms with Crippen molar-refractivity contribution in [3.63, 3.8) is 0 Å². The third-order valence-electron chi connectivity index (χ3n) is 4.13. The number of carbonyl (C=O) groups is 2. The Morgan fingerprint density at radius 3 is 2.57 bits per heavy atom. The van der Waals surface area contributed by atoms with E-state index in [9.17, 15) is 18.0 Å². The highest BCUT2D eigenvalue weighted by atomic mass is 32.2. The van der Waals surface area contributed by atoms with Crippen molar-refractivity contribution < 1.29 is 18.0 Å². The van der Waals surface area contributed by atoms with Crippen molar-refractivity contribution in [3.8, 4) is 0 Å². The summed E-state index contributed by atoms with van der Waals surface area (Å²) in [7, 11) is -3.60. The smallest absolute Gasteiger partial charge is 0.267 e. The lowest BCUT2D eigenvalue weighted by Crippen LogP contribution is -2.37. The molecule has 0 bridgehead atoms. The van der Waals surface area contributed by atoms with Gasteiger partial charge in [-0.3, -0.25) is 14.6 Å². The third-order valence-corrected chi connectivity index (χ3v) is 6.95.